The molecule has 4 rings (SSSR count). The molecule has 3 heterocycles. The standard InChI is InChI=1S/C15H15N3O3/c19-18(20)13-5-4-11(15-10(13)2-1-7-16-15)17-12-8-9-3-6-14(12)21-9/h1-2,4-5,7,9,12,14,17H,3,6,8H2. The number of nitro benzene ring substituents is 1. The number of nitro groups is 1. The van der Waals surface area contributed by atoms with Crippen LogP contribution in [-0.4, -0.2) is 28.2 Å². The molecule has 0 aliphatic carbocycles. The van der Waals surface area contributed by atoms with Crippen LogP contribution in [-0.2, 0) is 4.74 Å². The number of benzene rings is 1. The number of non-ortho nitro benzene ring substituents is 1. The van der Waals surface area contributed by atoms with Crippen molar-refractivity contribution in [3.8, 4) is 0 Å². The van der Waals surface area contributed by atoms with Gasteiger partial charge in [0.15, 0.2) is 0 Å². The van der Waals surface area contributed by atoms with Gasteiger partial charge >= 0.3 is 0 Å². The van der Waals surface area contributed by atoms with Crippen LogP contribution in [0, 0.1) is 10.1 Å². The van der Waals surface area contributed by atoms with Crippen molar-refractivity contribution < 1.29 is 9.66 Å². The van der Waals surface area contributed by atoms with E-state index in [9.17, 15) is 10.1 Å². The molecule has 2 saturated heterocycles. The molecule has 0 radical (unpaired) electrons. The van der Waals surface area contributed by atoms with Gasteiger partial charge in [0, 0.05) is 12.3 Å². The predicted molar refractivity (Wildman–Crippen MR) is 78.3 cm³/mol. The molecule has 2 aliphatic heterocycles. The average Bonchev–Trinajstić information content (AvgIpc) is 3.10. The lowest BCUT2D eigenvalue weighted by atomic mass is 9.95. The fraction of sp³-hybridized carbons (Fsp3) is 0.400. The van der Waals surface area contributed by atoms with Gasteiger partial charge in [-0.3, -0.25) is 15.1 Å². The van der Waals surface area contributed by atoms with Crippen LogP contribution in [0.2, 0.25) is 0 Å². The Balaban J connectivity index is 1.72. The first-order valence-electron chi connectivity index (χ1n) is 7.16. The van der Waals surface area contributed by atoms with Crippen molar-refractivity contribution in [1.29, 1.82) is 0 Å². The minimum atomic E-state index is -0.367. The highest BCUT2D eigenvalue weighted by Gasteiger charge is 2.40. The molecule has 3 atom stereocenters. The molecule has 3 unspecified atom stereocenters. The van der Waals surface area contributed by atoms with E-state index in [2.05, 4.69) is 10.3 Å². The molecule has 108 valence electrons. The maximum atomic E-state index is 11.1. The summed E-state index contributed by atoms with van der Waals surface area (Å²) in [5, 5.41) is 15.1. The van der Waals surface area contributed by atoms with Gasteiger partial charge in [0.05, 0.1) is 34.2 Å². The van der Waals surface area contributed by atoms with Crippen molar-refractivity contribution >= 4 is 22.3 Å². The van der Waals surface area contributed by atoms with Crippen LogP contribution in [0.4, 0.5) is 11.4 Å². The highest BCUT2D eigenvalue weighted by molar-refractivity contribution is 5.96. The van der Waals surface area contributed by atoms with Crippen molar-refractivity contribution in [1.82, 2.24) is 4.98 Å². The first kappa shape index (κ1) is 12.5. The number of ether oxygens (including phenoxy) is 1. The minimum Gasteiger partial charge on any atom is -0.378 e. The Labute approximate surface area is 121 Å². The monoisotopic (exact) mass is 285 g/mol. The molecule has 2 aromatic rings. The lowest BCUT2D eigenvalue weighted by molar-refractivity contribution is -0.383. The van der Waals surface area contributed by atoms with Crippen LogP contribution < -0.4 is 5.32 Å². The molecule has 1 aromatic heterocycles. The van der Waals surface area contributed by atoms with Gasteiger partial charge in [0.2, 0.25) is 0 Å². The Hall–Kier alpha value is -2.21. The summed E-state index contributed by atoms with van der Waals surface area (Å²) in [6.07, 6.45) is 5.50. The van der Waals surface area contributed by atoms with E-state index in [1.54, 1.807) is 30.5 Å². The van der Waals surface area contributed by atoms with Gasteiger partial charge in [-0.25, -0.2) is 0 Å². The number of nitrogens with zero attached hydrogens (tertiary/aromatic N) is 2. The van der Waals surface area contributed by atoms with Crippen molar-refractivity contribution in [2.75, 3.05) is 5.32 Å². The first-order valence-corrected chi connectivity index (χ1v) is 7.16. The fourth-order valence-electron chi connectivity index (χ4n) is 3.42. The summed E-state index contributed by atoms with van der Waals surface area (Å²) < 4.78 is 5.84. The number of fused-ring (bicyclic) bond motifs is 3. The zero-order chi connectivity index (χ0) is 14.4. The Morgan fingerprint density at radius 3 is 2.95 bits per heavy atom. The molecule has 2 bridgehead atoms. The molecule has 2 aliphatic rings. The van der Waals surface area contributed by atoms with Crippen LogP contribution in [0.1, 0.15) is 19.3 Å². The second kappa shape index (κ2) is 4.66. The number of rotatable bonds is 3. The largest absolute Gasteiger partial charge is 0.378 e. The third-order valence-electron chi connectivity index (χ3n) is 4.39. The number of pyridine rings is 1. The van der Waals surface area contributed by atoms with Crippen LogP contribution in [0.5, 0.6) is 0 Å². The average molecular weight is 285 g/mol. The van der Waals surface area contributed by atoms with Crippen molar-refractivity contribution in [3.05, 3.63) is 40.6 Å². The maximum Gasteiger partial charge on any atom is 0.278 e. The summed E-state index contributed by atoms with van der Waals surface area (Å²) in [6, 6.07) is 7.03. The lowest BCUT2D eigenvalue weighted by Gasteiger charge is -2.21. The summed E-state index contributed by atoms with van der Waals surface area (Å²) in [6.45, 7) is 0. The Morgan fingerprint density at radius 1 is 1.33 bits per heavy atom. The number of hydrogen-bond donors (Lipinski definition) is 1. The van der Waals surface area contributed by atoms with Gasteiger partial charge < -0.3 is 10.1 Å². The van der Waals surface area contributed by atoms with E-state index in [1.165, 1.54) is 0 Å². The molecular weight excluding hydrogens is 270 g/mol. The smallest absolute Gasteiger partial charge is 0.278 e. The van der Waals surface area contributed by atoms with Crippen molar-refractivity contribution in [3.63, 3.8) is 0 Å². The normalized spacial score (nSPS) is 27.1. The maximum absolute atomic E-state index is 11.1. The summed E-state index contributed by atoms with van der Waals surface area (Å²) in [7, 11) is 0. The zero-order valence-corrected chi connectivity index (χ0v) is 11.4. The fourth-order valence-corrected chi connectivity index (χ4v) is 3.42. The van der Waals surface area contributed by atoms with Crippen LogP contribution in [0.25, 0.3) is 10.9 Å². The van der Waals surface area contributed by atoms with Gasteiger partial charge in [-0.2, -0.15) is 0 Å². The van der Waals surface area contributed by atoms with E-state index in [1.807, 2.05) is 0 Å². The van der Waals surface area contributed by atoms with Gasteiger partial charge in [-0.1, -0.05) is 0 Å². The Bertz CT molecular complexity index is 718. The van der Waals surface area contributed by atoms with E-state index in [4.69, 9.17) is 4.74 Å². The number of nitrogens with one attached hydrogen (secondary N) is 1. The first-order chi connectivity index (χ1) is 10.2. The minimum absolute atomic E-state index is 0.0906. The van der Waals surface area contributed by atoms with Gasteiger partial charge in [-0.15, -0.1) is 0 Å². The molecule has 2 fully saturated rings. The number of aromatic nitrogens is 1. The third-order valence-corrected chi connectivity index (χ3v) is 4.39. The zero-order valence-electron chi connectivity index (χ0n) is 11.4. The van der Waals surface area contributed by atoms with E-state index in [0.717, 1.165) is 24.9 Å². The van der Waals surface area contributed by atoms with Crippen LogP contribution >= 0.6 is 0 Å². The van der Waals surface area contributed by atoms with Crippen molar-refractivity contribution in [2.24, 2.45) is 0 Å². The quantitative estimate of drug-likeness (QED) is 0.693. The summed E-state index contributed by atoms with van der Waals surface area (Å²) in [4.78, 5) is 15.1. The van der Waals surface area contributed by atoms with Crippen molar-refractivity contribution in [2.45, 2.75) is 37.5 Å². The molecule has 0 spiro atoms. The second-order valence-electron chi connectivity index (χ2n) is 5.65. The molecule has 6 nitrogen and oxygen atoms in total. The molecule has 1 N–H and O–H groups in total. The van der Waals surface area contributed by atoms with E-state index in [-0.39, 0.29) is 22.8 Å². The van der Waals surface area contributed by atoms with Crippen LogP contribution in [0.3, 0.4) is 0 Å². The number of hydrogen-bond acceptors (Lipinski definition) is 5. The highest BCUT2D eigenvalue weighted by atomic mass is 16.6. The Morgan fingerprint density at radius 2 is 2.24 bits per heavy atom. The predicted octanol–water partition coefficient (Wildman–Crippen LogP) is 2.87. The van der Waals surface area contributed by atoms with E-state index in [0.29, 0.717) is 17.0 Å². The molecule has 0 amide bonds. The Kier molecular flexibility index (Phi) is 2.78. The second-order valence-corrected chi connectivity index (χ2v) is 5.65. The van der Waals surface area contributed by atoms with E-state index < -0.39 is 0 Å². The van der Waals surface area contributed by atoms with Crippen LogP contribution in [0.15, 0.2) is 30.5 Å². The van der Waals surface area contributed by atoms with E-state index >= 15 is 0 Å². The summed E-state index contributed by atoms with van der Waals surface area (Å²) >= 11 is 0. The molecular formula is C15H15N3O3. The topological polar surface area (TPSA) is 77.3 Å². The van der Waals surface area contributed by atoms with Gasteiger partial charge in [-0.05, 0) is 37.5 Å². The third kappa shape index (κ3) is 2.03. The highest BCUT2D eigenvalue weighted by Crippen LogP contribution is 2.37. The number of anilines is 1. The lowest BCUT2D eigenvalue weighted by Crippen LogP contribution is -2.30. The molecule has 1 aromatic carbocycles. The summed E-state index contributed by atoms with van der Waals surface area (Å²) in [5.74, 6) is 0. The SMILES string of the molecule is O=[N+]([O-])c1ccc(NC2CC3CCC2O3)c2ncccc12. The van der Waals surface area contributed by atoms with Gasteiger partial charge in [0.1, 0.15) is 5.52 Å². The summed E-state index contributed by atoms with van der Waals surface area (Å²) in [5.41, 5.74) is 1.58. The molecule has 0 saturated carbocycles. The molecule has 21 heavy (non-hydrogen) atoms. The van der Waals surface area contributed by atoms with Gasteiger partial charge in [0.25, 0.3) is 5.69 Å². The molecule has 6 heteroatoms.